The van der Waals surface area contributed by atoms with E-state index in [9.17, 15) is 23.6 Å². The lowest BCUT2D eigenvalue weighted by Crippen LogP contribution is -2.35. The Morgan fingerprint density at radius 1 is 1.16 bits per heavy atom. The van der Waals surface area contributed by atoms with Gasteiger partial charge in [0.2, 0.25) is 0 Å². The normalized spacial score (nSPS) is 10.8. The molecule has 1 aromatic heterocycles. The van der Waals surface area contributed by atoms with Crippen molar-refractivity contribution in [3.05, 3.63) is 79.2 Å². The molecule has 0 fully saturated rings. The van der Waals surface area contributed by atoms with E-state index in [1.54, 1.807) is 24.3 Å². The van der Waals surface area contributed by atoms with Gasteiger partial charge in [0.05, 0.1) is 29.5 Å². The zero-order valence-electron chi connectivity index (χ0n) is 16.3. The summed E-state index contributed by atoms with van der Waals surface area (Å²) < 4.78 is 19.8. The molecular weight excluding hydrogens is 473 g/mol. The Balaban J connectivity index is 1.43. The summed E-state index contributed by atoms with van der Waals surface area (Å²) in [5.74, 6) is -1.61. The lowest BCUT2D eigenvalue weighted by Gasteiger charge is -2.09. The van der Waals surface area contributed by atoms with Crippen molar-refractivity contribution in [2.75, 3.05) is 13.2 Å². The fourth-order valence-electron chi connectivity index (χ4n) is 2.93. The van der Waals surface area contributed by atoms with Gasteiger partial charge in [-0.05, 0) is 52.7 Å². The highest BCUT2D eigenvalue weighted by molar-refractivity contribution is 9.10. The van der Waals surface area contributed by atoms with Crippen molar-refractivity contribution in [2.24, 2.45) is 0 Å². The van der Waals surface area contributed by atoms with E-state index in [1.807, 2.05) is 0 Å². The Morgan fingerprint density at radius 2 is 1.94 bits per heavy atom. The van der Waals surface area contributed by atoms with Crippen LogP contribution >= 0.6 is 15.9 Å². The Hall–Kier alpha value is -3.27. The summed E-state index contributed by atoms with van der Waals surface area (Å²) in [5, 5.41) is 2.92. The van der Waals surface area contributed by atoms with E-state index in [2.05, 4.69) is 26.2 Å². The number of aromatic amines is 1. The number of benzene rings is 2. The second kappa shape index (κ2) is 10.2. The number of hydrogen-bond acceptors (Lipinski definition) is 5. The summed E-state index contributed by atoms with van der Waals surface area (Å²) in [4.78, 5) is 51.0. The number of halogens is 2. The van der Waals surface area contributed by atoms with Gasteiger partial charge in [-0.15, -0.1) is 0 Å². The highest BCUT2D eigenvalue weighted by Gasteiger charge is 2.12. The Kier molecular flexibility index (Phi) is 7.35. The van der Waals surface area contributed by atoms with Crippen LogP contribution in [0.15, 0.2) is 56.5 Å². The molecule has 0 aliphatic carbocycles. The molecule has 162 valence electrons. The molecule has 1 heterocycles. The largest absolute Gasteiger partial charge is 0.466 e. The van der Waals surface area contributed by atoms with Gasteiger partial charge in [-0.3, -0.25) is 19.0 Å². The molecule has 0 aliphatic heterocycles. The number of carbonyl (C=O) groups excluding carboxylic acids is 2. The molecule has 0 aliphatic rings. The molecule has 0 radical (unpaired) electrons. The summed E-state index contributed by atoms with van der Waals surface area (Å²) in [5.41, 5.74) is -0.343. The molecule has 1 amide bonds. The number of para-hydroxylation sites is 1. The van der Waals surface area contributed by atoms with Gasteiger partial charge < -0.3 is 15.0 Å². The van der Waals surface area contributed by atoms with E-state index < -0.39 is 28.9 Å². The first-order valence-electron chi connectivity index (χ1n) is 9.47. The Morgan fingerprint density at radius 3 is 2.74 bits per heavy atom. The van der Waals surface area contributed by atoms with Crippen molar-refractivity contribution in [3.63, 3.8) is 0 Å². The number of hydrogen-bond donors (Lipinski definition) is 2. The van der Waals surface area contributed by atoms with Crippen LogP contribution in [-0.2, 0) is 16.1 Å². The molecule has 0 spiro atoms. The van der Waals surface area contributed by atoms with Crippen LogP contribution in [0, 0.1) is 5.82 Å². The minimum Gasteiger partial charge on any atom is -0.466 e. The minimum atomic E-state index is -0.544. The third-order valence-corrected chi connectivity index (χ3v) is 5.16. The smallest absolute Gasteiger partial charge is 0.328 e. The first-order valence-corrected chi connectivity index (χ1v) is 10.3. The molecule has 0 saturated carbocycles. The number of nitrogens with one attached hydrogen (secondary N) is 2. The standard InChI is InChI=1S/C21H19BrFN3O5/c22-16-7-6-13(23)12-15(16)19(28)24-9-8-18(27)31-11-3-10-26-20(29)14-4-1-2-5-17(14)25-21(26)30/h1-2,4-7,12H,3,8-11H2,(H,24,28)(H,25,30). The molecule has 2 N–H and O–H groups in total. The number of H-pyrrole nitrogens is 1. The first kappa shape index (κ1) is 22.4. The summed E-state index contributed by atoms with van der Waals surface area (Å²) >= 11 is 3.17. The molecule has 8 nitrogen and oxygen atoms in total. The van der Waals surface area contributed by atoms with Crippen molar-refractivity contribution in [1.82, 2.24) is 14.9 Å². The minimum absolute atomic E-state index is 0.0148. The van der Waals surface area contributed by atoms with Crippen LogP contribution in [0.1, 0.15) is 23.2 Å². The topological polar surface area (TPSA) is 110 Å². The van der Waals surface area contributed by atoms with Gasteiger partial charge >= 0.3 is 11.7 Å². The Labute approximate surface area is 184 Å². The molecule has 10 heteroatoms. The zero-order valence-corrected chi connectivity index (χ0v) is 17.9. The van der Waals surface area contributed by atoms with Crippen LogP contribution in [0.3, 0.4) is 0 Å². The molecule has 3 rings (SSSR count). The summed E-state index contributed by atoms with van der Waals surface area (Å²) in [7, 11) is 0. The van der Waals surface area contributed by atoms with Crippen LogP contribution in [0.2, 0.25) is 0 Å². The van der Waals surface area contributed by atoms with E-state index in [-0.39, 0.29) is 38.1 Å². The summed E-state index contributed by atoms with van der Waals surface area (Å²) in [6.45, 7) is 0.127. The lowest BCUT2D eigenvalue weighted by atomic mass is 10.2. The average Bonchev–Trinajstić information content (AvgIpc) is 2.74. The first-order chi connectivity index (χ1) is 14.9. The van der Waals surface area contributed by atoms with E-state index in [4.69, 9.17) is 4.74 Å². The highest BCUT2D eigenvalue weighted by Crippen LogP contribution is 2.17. The van der Waals surface area contributed by atoms with Gasteiger partial charge in [0.25, 0.3) is 11.5 Å². The SMILES string of the molecule is O=C(CCNC(=O)c1cc(F)ccc1Br)OCCCn1c(=O)[nH]c2ccccc2c1=O. The highest BCUT2D eigenvalue weighted by atomic mass is 79.9. The number of esters is 1. The fourth-order valence-corrected chi connectivity index (χ4v) is 3.35. The van der Waals surface area contributed by atoms with E-state index in [0.717, 1.165) is 10.6 Å². The van der Waals surface area contributed by atoms with Gasteiger partial charge in [0.15, 0.2) is 0 Å². The van der Waals surface area contributed by atoms with Crippen LogP contribution in [0.25, 0.3) is 10.9 Å². The summed E-state index contributed by atoms with van der Waals surface area (Å²) in [6, 6.07) is 10.4. The van der Waals surface area contributed by atoms with Crippen molar-refractivity contribution < 1.29 is 18.7 Å². The maximum Gasteiger partial charge on any atom is 0.328 e. The average molecular weight is 492 g/mol. The lowest BCUT2D eigenvalue weighted by molar-refractivity contribution is -0.143. The van der Waals surface area contributed by atoms with Crippen LogP contribution in [-0.4, -0.2) is 34.6 Å². The van der Waals surface area contributed by atoms with Gasteiger partial charge in [0.1, 0.15) is 5.82 Å². The number of nitrogens with zero attached hydrogens (tertiary/aromatic N) is 1. The fraction of sp³-hybridized carbons (Fsp3) is 0.238. The van der Waals surface area contributed by atoms with Crippen LogP contribution in [0.4, 0.5) is 4.39 Å². The quantitative estimate of drug-likeness (QED) is 0.371. The predicted octanol–water partition coefficient (Wildman–Crippen LogP) is 2.34. The van der Waals surface area contributed by atoms with Crippen molar-refractivity contribution in [2.45, 2.75) is 19.4 Å². The molecule has 0 saturated heterocycles. The number of carbonyl (C=O) groups is 2. The molecule has 3 aromatic rings. The summed E-state index contributed by atoms with van der Waals surface area (Å²) in [6.07, 6.45) is 0.199. The molecule has 0 unspecified atom stereocenters. The van der Waals surface area contributed by atoms with E-state index >= 15 is 0 Å². The number of amides is 1. The second-order valence-corrected chi connectivity index (χ2v) is 7.49. The maximum atomic E-state index is 13.3. The molecule has 2 aromatic carbocycles. The van der Waals surface area contributed by atoms with Crippen molar-refractivity contribution >= 4 is 38.7 Å². The van der Waals surface area contributed by atoms with Gasteiger partial charge in [-0.25, -0.2) is 9.18 Å². The van der Waals surface area contributed by atoms with E-state index in [1.165, 1.54) is 12.1 Å². The van der Waals surface area contributed by atoms with Gasteiger partial charge in [0, 0.05) is 17.6 Å². The van der Waals surface area contributed by atoms with Crippen LogP contribution in [0.5, 0.6) is 0 Å². The van der Waals surface area contributed by atoms with Gasteiger partial charge in [-0.1, -0.05) is 12.1 Å². The molecule has 31 heavy (non-hydrogen) atoms. The number of ether oxygens (including phenoxy) is 1. The zero-order chi connectivity index (χ0) is 22.4. The molecular formula is C21H19BrFN3O5. The molecule has 0 atom stereocenters. The second-order valence-electron chi connectivity index (χ2n) is 6.64. The third-order valence-electron chi connectivity index (χ3n) is 4.47. The predicted molar refractivity (Wildman–Crippen MR) is 115 cm³/mol. The van der Waals surface area contributed by atoms with Crippen molar-refractivity contribution in [3.8, 4) is 0 Å². The van der Waals surface area contributed by atoms with Gasteiger partial charge in [-0.2, -0.15) is 0 Å². The third kappa shape index (κ3) is 5.66. The maximum absolute atomic E-state index is 13.3. The molecule has 0 bridgehead atoms. The van der Waals surface area contributed by atoms with E-state index in [0.29, 0.717) is 15.4 Å². The number of rotatable bonds is 8. The number of aromatic nitrogens is 2. The number of fused-ring (bicyclic) bond motifs is 1. The Bertz CT molecular complexity index is 1240. The van der Waals surface area contributed by atoms with Crippen molar-refractivity contribution in [1.29, 1.82) is 0 Å². The van der Waals surface area contributed by atoms with Crippen LogP contribution < -0.4 is 16.6 Å². The monoisotopic (exact) mass is 491 g/mol.